The summed E-state index contributed by atoms with van der Waals surface area (Å²) in [6.07, 6.45) is 5.33. The molecule has 0 radical (unpaired) electrons. The number of fused-ring (bicyclic) bond motifs is 1. The van der Waals surface area contributed by atoms with Crippen LogP contribution in [-0.2, 0) is 16.0 Å². The second-order valence-corrected chi connectivity index (χ2v) is 8.74. The summed E-state index contributed by atoms with van der Waals surface area (Å²) in [4.78, 5) is 17.5. The molecule has 4 nitrogen and oxygen atoms in total. The average Bonchev–Trinajstić information content (AvgIpc) is 2.83. The van der Waals surface area contributed by atoms with Crippen molar-refractivity contribution in [3.8, 4) is 0 Å². The molecule has 0 aliphatic carbocycles. The number of para-hydroxylation sites is 1. The maximum Gasteiger partial charge on any atom is 0.310 e. The van der Waals surface area contributed by atoms with Gasteiger partial charge < -0.3 is 10.1 Å². The molecule has 1 aliphatic rings. The zero-order valence-corrected chi connectivity index (χ0v) is 19.0. The predicted molar refractivity (Wildman–Crippen MR) is 130 cm³/mol. The standard InChI is InChI=1S/C27H28ClN2O2/c1-3-18-15-25(30-17-19(18)4-2)27(22-13-14-29-24-12-8-6-10-21(22)24)32-26(31)16-20-9-5-7-11-23(20)28/h4-14,18-19,25,27H,2-3,15-17H2,1H3/q-1/t18-,19-,25+,27-/m0/s1. The maximum absolute atomic E-state index is 13.0. The number of esters is 1. The Hall–Kier alpha value is -2.69. The lowest BCUT2D eigenvalue weighted by molar-refractivity contribution is -0.149. The van der Waals surface area contributed by atoms with Gasteiger partial charge in [0.25, 0.3) is 0 Å². The van der Waals surface area contributed by atoms with E-state index in [2.05, 4.69) is 18.5 Å². The highest BCUT2D eigenvalue weighted by atomic mass is 35.5. The van der Waals surface area contributed by atoms with Crippen LogP contribution in [0.2, 0.25) is 5.02 Å². The highest BCUT2D eigenvalue weighted by Crippen LogP contribution is 2.40. The number of benzene rings is 2. The summed E-state index contributed by atoms with van der Waals surface area (Å²) >= 11 is 6.27. The number of rotatable bonds is 7. The Labute approximate surface area is 194 Å². The van der Waals surface area contributed by atoms with E-state index in [1.807, 2.05) is 54.6 Å². The second-order valence-electron chi connectivity index (χ2n) is 8.33. The lowest BCUT2D eigenvalue weighted by atomic mass is 9.79. The van der Waals surface area contributed by atoms with Gasteiger partial charge in [0.05, 0.1) is 11.9 Å². The van der Waals surface area contributed by atoms with E-state index >= 15 is 0 Å². The number of ether oxygens (including phenoxy) is 1. The van der Waals surface area contributed by atoms with Gasteiger partial charge in [-0.25, -0.2) is 0 Å². The molecule has 0 bridgehead atoms. The Bertz CT molecular complexity index is 1090. The van der Waals surface area contributed by atoms with Crippen molar-refractivity contribution < 1.29 is 9.53 Å². The van der Waals surface area contributed by atoms with E-state index in [1.165, 1.54) is 0 Å². The van der Waals surface area contributed by atoms with E-state index in [0.717, 1.165) is 34.9 Å². The zero-order chi connectivity index (χ0) is 22.5. The average molecular weight is 448 g/mol. The van der Waals surface area contributed by atoms with Crippen LogP contribution in [0, 0.1) is 11.8 Å². The van der Waals surface area contributed by atoms with Crippen molar-refractivity contribution in [1.82, 2.24) is 4.98 Å². The first-order valence-electron chi connectivity index (χ1n) is 11.2. The molecule has 1 aliphatic heterocycles. The molecule has 1 aromatic heterocycles. The van der Waals surface area contributed by atoms with Crippen molar-refractivity contribution in [3.05, 3.63) is 94.9 Å². The predicted octanol–water partition coefficient (Wildman–Crippen LogP) is 6.69. The van der Waals surface area contributed by atoms with E-state index in [-0.39, 0.29) is 18.4 Å². The first-order chi connectivity index (χ1) is 15.6. The van der Waals surface area contributed by atoms with Gasteiger partial charge in [-0.3, -0.25) is 9.78 Å². The number of carbonyl (C=O) groups is 1. The molecule has 0 spiro atoms. The van der Waals surface area contributed by atoms with Crippen LogP contribution in [-0.4, -0.2) is 23.5 Å². The van der Waals surface area contributed by atoms with E-state index in [1.54, 1.807) is 12.3 Å². The zero-order valence-electron chi connectivity index (χ0n) is 18.3. The molecule has 32 heavy (non-hydrogen) atoms. The van der Waals surface area contributed by atoms with E-state index in [4.69, 9.17) is 21.7 Å². The highest BCUT2D eigenvalue weighted by Gasteiger charge is 2.29. The van der Waals surface area contributed by atoms with Crippen LogP contribution in [0.5, 0.6) is 0 Å². The number of pyridine rings is 1. The van der Waals surface area contributed by atoms with Crippen molar-refractivity contribution in [2.75, 3.05) is 6.54 Å². The molecule has 0 unspecified atom stereocenters. The third kappa shape index (κ3) is 4.87. The molecule has 1 saturated heterocycles. The van der Waals surface area contributed by atoms with E-state index < -0.39 is 6.10 Å². The topological polar surface area (TPSA) is 53.3 Å². The number of carbonyl (C=O) groups excluding carboxylic acids is 1. The van der Waals surface area contributed by atoms with Crippen LogP contribution in [0.25, 0.3) is 16.2 Å². The van der Waals surface area contributed by atoms with Gasteiger partial charge in [-0.1, -0.05) is 79.9 Å². The minimum absolute atomic E-state index is 0.114. The number of nitrogens with zero attached hydrogens (tertiary/aromatic N) is 2. The highest BCUT2D eigenvalue weighted by molar-refractivity contribution is 6.31. The normalized spacial score (nSPS) is 21.8. The number of aromatic nitrogens is 1. The number of hydrogen-bond acceptors (Lipinski definition) is 3. The van der Waals surface area contributed by atoms with Gasteiger partial charge >= 0.3 is 5.97 Å². The van der Waals surface area contributed by atoms with Crippen LogP contribution >= 0.6 is 11.6 Å². The number of halogens is 1. The Morgan fingerprint density at radius 3 is 2.81 bits per heavy atom. The molecule has 4 atom stereocenters. The maximum atomic E-state index is 13.0. The summed E-state index contributed by atoms with van der Waals surface area (Å²) in [5.74, 6) is 0.524. The van der Waals surface area contributed by atoms with Gasteiger partial charge in [0.2, 0.25) is 0 Å². The Kier molecular flexibility index (Phi) is 7.23. The Morgan fingerprint density at radius 2 is 2.03 bits per heavy atom. The smallest absolute Gasteiger partial charge is 0.310 e. The number of hydrogen-bond donors (Lipinski definition) is 0. The monoisotopic (exact) mass is 447 g/mol. The van der Waals surface area contributed by atoms with Crippen molar-refractivity contribution in [2.24, 2.45) is 11.8 Å². The second kappa shape index (κ2) is 10.3. The summed E-state index contributed by atoms with van der Waals surface area (Å²) < 4.78 is 6.16. The van der Waals surface area contributed by atoms with Crippen molar-refractivity contribution in [2.45, 2.75) is 38.3 Å². The minimum atomic E-state index is -0.474. The van der Waals surface area contributed by atoms with Crippen LogP contribution in [0.1, 0.15) is 37.0 Å². The fraction of sp³-hybridized carbons (Fsp3) is 0.333. The first-order valence-corrected chi connectivity index (χ1v) is 11.5. The molecule has 0 saturated carbocycles. The van der Waals surface area contributed by atoms with Crippen molar-refractivity contribution >= 4 is 28.5 Å². The van der Waals surface area contributed by atoms with Gasteiger partial charge in [0, 0.05) is 22.2 Å². The molecule has 0 N–H and O–H groups in total. The summed E-state index contributed by atoms with van der Waals surface area (Å²) in [7, 11) is 0. The van der Waals surface area contributed by atoms with Gasteiger partial charge in [0.15, 0.2) is 0 Å². The van der Waals surface area contributed by atoms with Crippen LogP contribution < -0.4 is 0 Å². The van der Waals surface area contributed by atoms with Crippen LogP contribution in [0.15, 0.2) is 73.4 Å². The number of piperidine rings is 1. The lowest BCUT2D eigenvalue weighted by Crippen LogP contribution is -2.34. The Morgan fingerprint density at radius 1 is 1.25 bits per heavy atom. The molecule has 5 heteroatoms. The van der Waals surface area contributed by atoms with Gasteiger partial charge in [-0.2, -0.15) is 0 Å². The summed E-state index contributed by atoms with van der Waals surface area (Å²) in [6, 6.07) is 17.2. The van der Waals surface area contributed by atoms with Gasteiger partial charge in [-0.05, 0) is 35.6 Å². The van der Waals surface area contributed by atoms with Crippen molar-refractivity contribution in [3.63, 3.8) is 0 Å². The van der Waals surface area contributed by atoms with Crippen LogP contribution in [0.3, 0.4) is 0 Å². The molecular weight excluding hydrogens is 420 g/mol. The molecular formula is C27H28ClN2O2-. The summed E-state index contributed by atoms with van der Waals surface area (Å²) in [5.41, 5.74) is 2.59. The fourth-order valence-corrected chi connectivity index (χ4v) is 4.82. The SMILES string of the molecule is C=C[C@H]1C[N-][C@@H]([C@@H](OC(=O)Cc2ccccc2Cl)c2ccnc3ccccc23)C[C@@H]1CC. The molecule has 166 valence electrons. The molecule has 3 aromatic rings. The molecule has 1 fully saturated rings. The third-order valence-corrected chi connectivity index (χ3v) is 6.79. The fourth-order valence-electron chi connectivity index (χ4n) is 4.62. The van der Waals surface area contributed by atoms with Gasteiger partial charge in [-0.15, -0.1) is 13.1 Å². The quantitative estimate of drug-likeness (QED) is 0.299. The largest absolute Gasteiger partial charge is 0.656 e. The first kappa shape index (κ1) is 22.5. The van der Waals surface area contributed by atoms with E-state index in [0.29, 0.717) is 23.4 Å². The minimum Gasteiger partial charge on any atom is -0.656 e. The molecule has 2 aromatic carbocycles. The van der Waals surface area contributed by atoms with Gasteiger partial charge in [0.1, 0.15) is 6.10 Å². The Balaban J connectivity index is 1.66. The summed E-state index contributed by atoms with van der Waals surface area (Å²) in [6.45, 7) is 6.89. The molecule has 0 amide bonds. The van der Waals surface area contributed by atoms with E-state index in [9.17, 15) is 4.79 Å². The molecule has 2 heterocycles. The van der Waals surface area contributed by atoms with Crippen LogP contribution in [0.4, 0.5) is 0 Å². The van der Waals surface area contributed by atoms with Crippen molar-refractivity contribution in [1.29, 1.82) is 0 Å². The summed E-state index contributed by atoms with van der Waals surface area (Å²) in [5, 5.41) is 6.50. The molecule has 4 rings (SSSR count). The lowest BCUT2D eigenvalue weighted by Gasteiger charge is -2.48. The third-order valence-electron chi connectivity index (χ3n) is 6.42.